The molecule has 0 amide bonds. The van der Waals surface area contributed by atoms with Crippen LogP contribution in [0, 0.1) is 0 Å². The van der Waals surface area contributed by atoms with Gasteiger partial charge in [0.1, 0.15) is 65.2 Å². The number of hydrogen-bond acceptors (Lipinski definition) is 17. The van der Waals surface area contributed by atoms with Crippen LogP contribution in [0.5, 0.6) is 0 Å². The summed E-state index contributed by atoms with van der Waals surface area (Å²) in [5.74, 6) is -2.54. The predicted octanol–water partition coefficient (Wildman–Crippen LogP) is 12.0. The van der Waals surface area contributed by atoms with E-state index in [0.717, 1.165) is 59.0 Å². The molecule has 23 heteroatoms. The summed E-state index contributed by atoms with van der Waals surface area (Å²) in [4.78, 5) is 110. The van der Waals surface area contributed by atoms with Gasteiger partial charge in [0, 0.05) is 22.8 Å². The minimum atomic E-state index is -2.11. The number of carbonyl (C=O) groups is 9. The second-order valence-electron chi connectivity index (χ2n) is 28.5. The number of rotatable bonds is 40. The molecule has 0 bridgehead atoms. The number of ether oxygens (including phenoxy) is 5. The molecule has 0 fully saturated rings. The smallest absolute Gasteiger partial charge is 1.00 e. The molecule has 6 aromatic carbocycles. The second-order valence-corrected chi connectivity index (χ2v) is 35.5. The van der Waals surface area contributed by atoms with E-state index in [1.165, 1.54) is 44.0 Å². The van der Waals surface area contributed by atoms with Crippen molar-refractivity contribution in [3.63, 3.8) is 0 Å². The summed E-state index contributed by atoms with van der Waals surface area (Å²) >= 11 is 0. The Morgan fingerprint density at radius 2 is 0.556 bits per heavy atom. The van der Waals surface area contributed by atoms with Crippen molar-refractivity contribution in [3.8, 4) is 0 Å². The van der Waals surface area contributed by atoms with E-state index in [0.29, 0.717) is 78.2 Å². The van der Waals surface area contributed by atoms with Gasteiger partial charge < -0.3 is 60.8 Å². The zero-order chi connectivity index (χ0) is 96.6. The Hall–Kier alpha value is -10.9. The molecule has 135 heavy (non-hydrogen) atoms. The molecule has 1 N–H and O–H groups in total. The molecule has 0 saturated carbocycles. The van der Waals surface area contributed by atoms with Crippen LogP contribution in [0.4, 0.5) is 0 Å². The fourth-order valence-corrected chi connectivity index (χ4v) is 19.0. The molecule has 17 nitrogen and oxygen atoms in total. The number of aliphatic carboxylic acids is 1. The molecule has 0 atom stereocenters. The Labute approximate surface area is 868 Å². The van der Waals surface area contributed by atoms with Crippen LogP contribution in [-0.4, -0.2) is 112 Å². The van der Waals surface area contributed by atoms with E-state index in [1.807, 2.05) is 200 Å². The first-order valence-electron chi connectivity index (χ1n) is 42.6. The quantitative estimate of drug-likeness (QED) is 0.00505. The molecule has 0 aliphatic heterocycles. The van der Waals surface area contributed by atoms with Gasteiger partial charge in [-0.1, -0.05) is 296 Å². The van der Waals surface area contributed by atoms with Crippen molar-refractivity contribution < 1.29 is 158 Å². The number of benzene rings is 6. The third-order valence-corrected chi connectivity index (χ3v) is 26.3. The predicted molar refractivity (Wildman–Crippen MR) is 552 cm³/mol. The van der Waals surface area contributed by atoms with Gasteiger partial charge in [0.2, 0.25) is 0 Å². The molecular formula is C112H130Br2Na2O17P2. The van der Waals surface area contributed by atoms with Crippen molar-refractivity contribution in [1.29, 1.82) is 0 Å². The summed E-state index contributed by atoms with van der Waals surface area (Å²) in [6.45, 7) is 32.6. The fourth-order valence-electron chi connectivity index (χ4n) is 10.9. The van der Waals surface area contributed by atoms with Gasteiger partial charge in [0.25, 0.3) is 0 Å². The second kappa shape index (κ2) is 82.6. The van der Waals surface area contributed by atoms with Crippen LogP contribution >= 0.6 is 31.5 Å². The Balaban J connectivity index is -0.000000504. The van der Waals surface area contributed by atoms with E-state index in [2.05, 4.69) is 115 Å². The summed E-state index contributed by atoms with van der Waals surface area (Å²) in [6.07, 6.45) is 58.2. The van der Waals surface area contributed by atoms with Gasteiger partial charge >= 0.3 is 89.0 Å². The molecule has 0 aliphatic rings. The minimum Gasteiger partial charge on any atom is -1.00 e. The number of aldehydes is 3. The number of halogens is 2. The number of carboxylic acid groups (broad SMARTS) is 1. The molecule has 706 valence electrons. The van der Waals surface area contributed by atoms with Gasteiger partial charge in [-0.05, 0) is 219 Å². The molecule has 0 radical (unpaired) electrons. The Morgan fingerprint density at radius 1 is 0.311 bits per heavy atom. The van der Waals surface area contributed by atoms with E-state index < -0.39 is 20.5 Å². The number of carboxylic acids is 1. The molecule has 0 aliphatic carbocycles. The Bertz CT molecular complexity index is 5020. The molecular weight excluding hydrogens is 1880 g/mol. The van der Waals surface area contributed by atoms with Gasteiger partial charge in [-0.3, -0.25) is 14.4 Å². The number of esters is 5. The van der Waals surface area contributed by atoms with E-state index in [4.69, 9.17) is 23.7 Å². The van der Waals surface area contributed by atoms with Gasteiger partial charge in [-0.25, -0.2) is 30.0 Å². The average Bonchev–Trinajstić information content (AvgIpc) is 0.762. The molecule has 0 spiro atoms. The van der Waals surface area contributed by atoms with Crippen molar-refractivity contribution in [3.05, 3.63) is 431 Å². The summed E-state index contributed by atoms with van der Waals surface area (Å²) in [5, 5.41) is 17.7. The van der Waals surface area contributed by atoms with Crippen molar-refractivity contribution in [1.82, 2.24) is 0 Å². The third-order valence-electron chi connectivity index (χ3n) is 17.7. The average molecular weight is 2020 g/mol. The maximum atomic E-state index is 12.6. The number of allylic oxidation sites excluding steroid dienone is 37. The van der Waals surface area contributed by atoms with E-state index >= 15 is 0 Å². The van der Waals surface area contributed by atoms with Gasteiger partial charge in [0.05, 0.1) is 45.2 Å². The standard InChI is InChI=1S/C25H26O2P.C22H22O2P.C21H28O4.C17H19O3.C17H22O3.C10H12O2.2BrH.2Na.H2O/c1-3-27-25(26)21(2)19-20-28(22-13-7-4-8-14-22,23-15-9-5-10-16-23)24-17-11-6-12-18-24;1-2-24-22(23)18-25(19-12-6-3-7-13-19,20-14-8-4-9-15-20)21-16-10-5-11-17-21;1-6-24-20(22)16-15-18(4)12-9-8-11-17(3)13-10-14-19(5)21(23)25-7-2;1-14(9-6-10-16(3)13-18)7-4-5-8-15(2)11-12-17(19)20;1-5-20-17(19)16(4)12-8-11-14(2)9-6-7-10-15(3)13-18;1-9(7-11)5-3-4-6-10(2)8-12;;;;;/h4-19H,3,20H2,1-2H3;3-17H,2,18H2,1H3;8-16H,6-7H2,1-5H3;4-12H,1-3H3,(H,19,20);6-13H,5H2,1-4H3;3-8H,1-2H3;2*1H;;;1H2/q2*+1;;-1;;;;;2*+1;/p-3/b21-19+;;9-8+,13-10+,16-15+,17-11+,18-12+,19-14+;5-4+,9-6+,12-11+,14-7+,15-8+,16-10+;7-6+,11-8+,14-9+,15-10+,16-12+;4-3+,9-5+,10-6+;;;;;. The molecule has 0 aromatic heterocycles. The molecule has 6 aromatic rings. The normalized spacial score (nSPS) is 12.5. The molecule has 6 rings (SSSR count). The first-order chi connectivity index (χ1) is 62.5. The minimum absolute atomic E-state index is 0. The summed E-state index contributed by atoms with van der Waals surface area (Å²) in [5.41, 5.74) is 9.17. The number of carbonyl (C=O) groups excluding carboxylic acids is 10. The SMILES string of the molecule is Br.CCOC(=O)/C(C)=C/C=C/C(C)=C/C=C/C=C(\C)C=O.CCOC(=O)/C(C)=C/C[P+](c1ccccc1)(c1ccccc1)c1ccccc1.CCOC(=O)/C=C/C(C)=C/C=C/C=C(C)/C=C/C=C(\C)C(=O)OCC.CCOC(=O)C[P+](c1ccccc1)(c1ccccc1)c1ccccc1.C\C(C=O)=C/C=C/C=C(\C)C=O.C\C([C-]=O)=C/C=C/C(C)=C/C=C/C=C(C)/C=C/C(=O)[O-].[Br-].[Na+].[Na+].[OH-]. The van der Waals surface area contributed by atoms with Crippen LogP contribution in [0.2, 0.25) is 0 Å². The van der Waals surface area contributed by atoms with Crippen molar-refractivity contribution in [2.75, 3.05) is 45.4 Å². The first-order valence-corrected chi connectivity index (χ1v) is 46.5. The Morgan fingerprint density at radius 3 is 0.815 bits per heavy atom. The van der Waals surface area contributed by atoms with Crippen LogP contribution in [0.15, 0.2) is 431 Å². The van der Waals surface area contributed by atoms with E-state index in [1.54, 1.807) is 155 Å². The maximum absolute atomic E-state index is 12.6. The van der Waals surface area contributed by atoms with Crippen LogP contribution < -0.4 is 113 Å². The summed E-state index contributed by atoms with van der Waals surface area (Å²) in [7, 11) is -4.06. The first kappa shape index (κ1) is 133. The monoisotopic (exact) mass is 2010 g/mol. The Kier molecular flexibility index (Phi) is 81.1. The number of hydrogen-bond donors (Lipinski definition) is 0. The van der Waals surface area contributed by atoms with Crippen LogP contribution in [0.3, 0.4) is 0 Å². The van der Waals surface area contributed by atoms with E-state index in [9.17, 15) is 53.1 Å². The van der Waals surface area contributed by atoms with Crippen LogP contribution in [-0.2, 0) is 71.6 Å². The molecule has 0 heterocycles. The van der Waals surface area contributed by atoms with Crippen molar-refractivity contribution in [2.24, 2.45) is 0 Å². The summed E-state index contributed by atoms with van der Waals surface area (Å²) < 4.78 is 25.1. The zero-order valence-corrected chi connectivity index (χ0v) is 90.6. The van der Waals surface area contributed by atoms with Gasteiger partial charge in [-0.15, -0.1) is 23.1 Å². The van der Waals surface area contributed by atoms with Crippen molar-refractivity contribution >= 4 is 124 Å². The van der Waals surface area contributed by atoms with Crippen molar-refractivity contribution in [2.45, 2.75) is 118 Å². The fraction of sp³-hybridized carbons (Fsp3) is 0.214. The topological polar surface area (TPSA) is 270 Å². The largest absolute Gasteiger partial charge is 1.00 e. The maximum Gasteiger partial charge on any atom is 1.00 e. The zero-order valence-electron chi connectivity index (χ0n) is 81.5. The summed E-state index contributed by atoms with van der Waals surface area (Å²) in [6, 6.07) is 63.1. The molecule has 0 unspecified atom stereocenters. The van der Waals surface area contributed by atoms with Gasteiger partial charge in [-0.2, -0.15) is 5.57 Å². The van der Waals surface area contributed by atoms with E-state index in [-0.39, 0.29) is 128 Å². The van der Waals surface area contributed by atoms with Crippen LogP contribution in [0.1, 0.15) is 118 Å². The third kappa shape index (κ3) is 58.9. The van der Waals surface area contributed by atoms with Crippen LogP contribution in [0.25, 0.3) is 0 Å². The molecule has 0 saturated heterocycles. The van der Waals surface area contributed by atoms with Gasteiger partial charge in [0.15, 0.2) is 6.16 Å².